The molecular weight excluding hydrogens is 420 g/mol. The van der Waals surface area contributed by atoms with Gasteiger partial charge in [0, 0.05) is 6.61 Å². The van der Waals surface area contributed by atoms with E-state index in [1.54, 1.807) is 0 Å². The molecule has 166 valence electrons. The van der Waals surface area contributed by atoms with E-state index in [-0.39, 0.29) is 0 Å². The average Bonchev–Trinajstić information content (AvgIpc) is 2.90. The lowest BCUT2D eigenvalue weighted by atomic mass is 10.1. The molecule has 1 unspecified atom stereocenters. The summed E-state index contributed by atoms with van der Waals surface area (Å²) in [5, 5.41) is 14.1. The van der Waals surface area contributed by atoms with Gasteiger partial charge in [0.15, 0.2) is 0 Å². The molecule has 0 heterocycles. The van der Waals surface area contributed by atoms with Crippen molar-refractivity contribution in [2.24, 2.45) is 0 Å². The highest BCUT2D eigenvalue weighted by molar-refractivity contribution is 7.07. The Balaban J connectivity index is 1.53. The summed E-state index contributed by atoms with van der Waals surface area (Å²) in [5.41, 5.74) is 0.946. The van der Waals surface area contributed by atoms with Crippen molar-refractivity contribution in [3.8, 4) is 0 Å². The lowest BCUT2D eigenvalue weighted by molar-refractivity contribution is 0.181. The van der Waals surface area contributed by atoms with Gasteiger partial charge >= 0.3 is 0 Å². The molecule has 1 N–H and O–H groups in total. The Hall–Kier alpha value is -3.24. The van der Waals surface area contributed by atoms with Crippen LogP contribution in [-0.4, -0.2) is 20.0 Å². The minimum atomic E-state index is -2.64. The van der Waals surface area contributed by atoms with E-state index in [2.05, 4.69) is 103 Å². The van der Waals surface area contributed by atoms with Crippen LogP contribution in [0.15, 0.2) is 133 Å². The molecule has 4 aromatic carbocycles. The average molecular weight is 451 g/mol. The molecule has 0 bridgehead atoms. The van der Waals surface area contributed by atoms with E-state index in [4.69, 9.17) is 4.43 Å². The minimum Gasteiger partial charge on any atom is -0.404 e. The molecule has 1 atom stereocenters. The molecule has 0 amide bonds. The Kier molecular flexibility index (Phi) is 8.04. The summed E-state index contributed by atoms with van der Waals surface area (Å²) < 4.78 is 6.90. The fourth-order valence-electron chi connectivity index (χ4n) is 4.20. The van der Waals surface area contributed by atoms with Gasteiger partial charge in [-0.2, -0.15) is 0 Å². The second-order valence-electron chi connectivity index (χ2n) is 8.05. The summed E-state index contributed by atoms with van der Waals surface area (Å²) in [7, 11) is -2.64. The van der Waals surface area contributed by atoms with Crippen LogP contribution in [0.5, 0.6) is 0 Å². The van der Waals surface area contributed by atoms with E-state index < -0.39 is 14.4 Å². The van der Waals surface area contributed by atoms with Crippen molar-refractivity contribution >= 4 is 23.9 Å². The molecule has 4 rings (SSSR count). The SMILES string of the molecule is OC(C/C=C/CCO[Si](c1ccccc1)(c1ccccc1)c1ccccc1)c1ccccc1. The molecule has 33 heavy (non-hydrogen) atoms. The van der Waals surface area contributed by atoms with Crippen LogP contribution in [0, 0.1) is 0 Å². The second-order valence-corrected chi connectivity index (χ2v) is 11.4. The molecule has 0 aliphatic heterocycles. The predicted octanol–water partition coefficient (Wildman–Crippen LogP) is 4.74. The van der Waals surface area contributed by atoms with E-state index in [0.717, 1.165) is 12.0 Å². The van der Waals surface area contributed by atoms with Gasteiger partial charge in [-0.1, -0.05) is 133 Å². The predicted molar refractivity (Wildman–Crippen MR) is 140 cm³/mol. The molecule has 2 nitrogen and oxygen atoms in total. The van der Waals surface area contributed by atoms with Gasteiger partial charge in [0.1, 0.15) is 0 Å². The van der Waals surface area contributed by atoms with Crippen LogP contribution in [0.2, 0.25) is 0 Å². The molecule has 0 aliphatic rings. The lowest BCUT2D eigenvalue weighted by Crippen LogP contribution is -2.69. The Labute approximate surface area is 198 Å². The number of benzene rings is 4. The van der Waals surface area contributed by atoms with Crippen molar-refractivity contribution in [2.75, 3.05) is 6.61 Å². The van der Waals surface area contributed by atoms with Crippen LogP contribution in [0.3, 0.4) is 0 Å². The van der Waals surface area contributed by atoms with Crippen molar-refractivity contribution in [2.45, 2.75) is 18.9 Å². The number of aliphatic hydroxyl groups excluding tert-OH is 1. The van der Waals surface area contributed by atoms with Crippen molar-refractivity contribution in [3.63, 3.8) is 0 Å². The highest BCUT2D eigenvalue weighted by atomic mass is 28.4. The zero-order valence-corrected chi connectivity index (χ0v) is 19.8. The molecule has 3 heteroatoms. The topological polar surface area (TPSA) is 29.5 Å². The highest BCUT2D eigenvalue weighted by Gasteiger charge is 2.41. The van der Waals surface area contributed by atoms with Crippen molar-refractivity contribution in [1.82, 2.24) is 0 Å². The molecule has 0 aliphatic carbocycles. The number of rotatable bonds is 10. The highest BCUT2D eigenvalue weighted by Crippen LogP contribution is 2.16. The van der Waals surface area contributed by atoms with Gasteiger partial charge in [0.2, 0.25) is 0 Å². The first-order valence-electron chi connectivity index (χ1n) is 11.5. The Morgan fingerprint density at radius 1 is 0.606 bits per heavy atom. The first kappa shape index (κ1) is 22.9. The molecule has 0 radical (unpaired) electrons. The molecule has 0 saturated carbocycles. The maximum absolute atomic E-state index is 10.4. The Bertz CT molecular complexity index is 1020. The Morgan fingerprint density at radius 3 is 1.48 bits per heavy atom. The normalized spacial score (nSPS) is 12.6. The largest absolute Gasteiger partial charge is 0.404 e. The van der Waals surface area contributed by atoms with Gasteiger partial charge in [-0.25, -0.2) is 0 Å². The van der Waals surface area contributed by atoms with E-state index in [1.807, 2.05) is 30.3 Å². The zero-order chi connectivity index (χ0) is 22.8. The third-order valence-corrected chi connectivity index (χ3v) is 9.93. The molecule has 0 aromatic heterocycles. The second kappa shape index (κ2) is 11.6. The van der Waals surface area contributed by atoms with E-state index in [9.17, 15) is 5.11 Å². The van der Waals surface area contributed by atoms with Gasteiger partial charge in [0.05, 0.1) is 6.10 Å². The van der Waals surface area contributed by atoms with Gasteiger partial charge in [-0.3, -0.25) is 0 Å². The van der Waals surface area contributed by atoms with E-state index >= 15 is 0 Å². The Morgan fingerprint density at radius 2 is 1.03 bits per heavy atom. The summed E-state index contributed by atoms with van der Waals surface area (Å²) >= 11 is 0. The summed E-state index contributed by atoms with van der Waals surface area (Å²) in [6.07, 6.45) is 5.09. The third-order valence-electron chi connectivity index (χ3n) is 5.85. The van der Waals surface area contributed by atoms with Gasteiger partial charge in [-0.15, -0.1) is 0 Å². The molecular formula is C30H30O2Si. The zero-order valence-electron chi connectivity index (χ0n) is 18.8. The summed E-state index contributed by atoms with van der Waals surface area (Å²) in [6.45, 7) is 0.614. The van der Waals surface area contributed by atoms with E-state index in [1.165, 1.54) is 15.6 Å². The van der Waals surface area contributed by atoms with Gasteiger partial charge in [-0.05, 0) is 34.0 Å². The summed E-state index contributed by atoms with van der Waals surface area (Å²) in [6, 6.07) is 41.7. The maximum atomic E-state index is 10.4. The van der Waals surface area contributed by atoms with Crippen LogP contribution >= 0.6 is 0 Å². The lowest BCUT2D eigenvalue weighted by Gasteiger charge is -2.33. The van der Waals surface area contributed by atoms with Gasteiger partial charge in [0.25, 0.3) is 8.32 Å². The fourth-order valence-corrected chi connectivity index (χ4v) is 8.11. The van der Waals surface area contributed by atoms with Crippen molar-refractivity contribution in [1.29, 1.82) is 0 Å². The van der Waals surface area contributed by atoms with Crippen LogP contribution in [0.25, 0.3) is 0 Å². The quantitative estimate of drug-likeness (QED) is 0.164. The van der Waals surface area contributed by atoms with Gasteiger partial charge < -0.3 is 9.53 Å². The standard InChI is InChI=1S/C30H30O2Si/c31-30(26-16-6-1-7-17-26)24-14-5-15-25-32-33(27-18-8-2-9-19-27,28-20-10-3-11-21-28)29-22-12-4-13-23-29/h1-14,16-23,30-31H,15,24-25H2/b14-5+. The number of hydrogen-bond donors (Lipinski definition) is 1. The molecule has 4 aromatic rings. The summed E-state index contributed by atoms with van der Waals surface area (Å²) in [5.74, 6) is 0. The summed E-state index contributed by atoms with van der Waals surface area (Å²) in [4.78, 5) is 0. The molecule has 0 spiro atoms. The van der Waals surface area contributed by atoms with Crippen LogP contribution in [-0.2, 0) is 4.43 Å². The van der Waals surface area contributed by atoms with Crippen LogP contribution in [0.4, 0.5) is 0 Å². The monoisotopic (exact) mass is 450 g/mol. The maximum Gasteiger partial charge on any atom is 0.288 e. The molecule has 0 saturated heterocycles. The van der Waals surface area contributed by atoms with Crippen molar-refractivity contribution < 1.29 is 9.53 Å². The number of aliphatic hydroxyl groups is 1. The number of hydrogen-bond acceptors (Lipinski definition) is 2. The van der Waals surface area contributed by atoms with Crippen LogP contribution in [0.1, 0.15) is 24.5 Å². The van der Waals surface area contributed by atoms with Crippen molar-refractivity contribution in [3.05, 3.63) is 139 Å². The first-order valence-corrected chi connectivity index (χ1v) is 13.4. The smallest absolute Gasteiger partial charge is 0.288 e. The fraction of sp³-hybridized carbons (Fsp3) is 0.133. The molecule has 0 fully saturated rings. The van der Waals surface area contributed by atoms with Crippen LogP contribution < -0.4 is 15.6 Å². The first-order chi connectivity index (χ1) is 16.3. The minimum absolute atomic E-state index is 0.477. The third kappa shape index (κ3) is 5.58. The van der Waals surface area contributed by atoms with E-state index in [0.29, 0.717) is 13.0 Å².